The van der Waals surface area contributed by atoms with E-state index >= 15 is 0 Å². The highest BCUT2D eigenvalue weighted by Crippen LogP contribution is 2.18. The summed E-state index contributed by atoms with van der Waals surface area (Å²) in [5, 5.41) is 4.70. The van der Waals surface area contributed by atoms with Crippen LogP contribution in [0.5, 0.6) is 0 Å². The van der Waals surface area contributed by atoms with Gasteiger partial charge in [0, 0.05) is 26.1 Å². The summed E-state index contributed by atoms with van der Waals surface area (Å²) < 4.78 is 27.6. The van der Waals surface area contributed by atoms with E-state index in [1.165, 1.54) is 0 Å². The molecule has 0 heterocycles. The number of hydrogen-bond donors (Lipinski definition) is 2. The number of amides is 1. The number of hydrogen-bond acceptors (Lipinski definition) is 4. The molecule has 0 fully saturated rings. The fourth-order valence-corrected chi connectivity index (χ4v) is 4.29. The third-order valence-corrected chi connectivity index (χ3v) is 6.22. The molecule has 0 unspecified atom stereocenters. The highest BCUT2D eigenvalue weighted by molar-refractivity contribution is 7.89. The molecule has 0 radical (unpaired) electrons. The molecule has 0 aliphatic carbocycles. The Morgan fingerprint density at radius 1 is 0.900 bits per heavy atom. The lowest BCUT2D eigenvalue weighted by Crippen LogP contribution is -2.30. The number of rotatable bonds is 9. The summed E-state index contributed by atoms with van der Waals surface area (Å²) in [6.07, 6.45) is 0.0721. The molecule has 6 nitrogen and oxygen atoms in total. The Kier molecular flexibility index (Phi) is 7.20. The Labute approximate surface area is 178 Å². The Morgan fingerprint density at radius 2 is 1.57 bits per heavy atom. The van der Waals surface area contributed by atoms with Crippen LogP contribution < -0.4 is 10.0 Å². The van der Waals surface area contributed by atoms with E-state index in [1.54, 1.807) is 18.2 Å². The fourth-order valence-electron chi connectivity index (χ4n) is 3.22. The Morgan fingerprint density at radius 3 is 2.30 bits per heavy atom. The second-order valence-electron chi connectivity index (χ2n) is 7.44. The molecule has 3 aromatic rings. The van der Waals surface area contributed by atoms with Crippen LogP contribution in [0.1, 0.15) is 17.5 Å². The Balaban J connectivity index is 1.52. The number of fused-ring (bicyclic) bond motifs is 1. The molecule has 2 N–H and O–H groups in total. The van der Waals surface area contributed by atoms with Gasteiger partial charge in [0.15, 0.2) is 0 Å². The van der Waals surface area contributed by atoms with Gasteiger partial charge in [0.1, 0.15) is 0 Å². The van der Waals surface area contributed by atoms with Gasteiger partial charge in [0.05, 0.1) is 4.90 Å². The Bertz CT molecular complexity index is 1130. The van der Waals surface area contributed by atoms with E-state index < -0.39 is 10.0 Å². The quantitative estimate of drug-likeness (QED) is 0.553. The molecule has 0 spiro atoms. The van der Waals surface area contributed by atoms with Crippen LogP contribution in [0.3, 0.4) is 0 Å². The average molecular weight is 426 g/mol. The van der Waals surface area contributed by atoms with Gasteiger partial charge in [-0.25, -0.2) is 13.1 Å². The molecule has 0 saturated carbocycles. The van der Waals surface area contributed by atoms with Crippen LogP contribution in [0.15, 0.2) is 71.6 Å². The highest BCUT2D eigenvalue weighted by Gasteiger charge is 2.15. The SMILES string of the molecule is CN(C)Cc1ccccc1CNC(=O)CCNS(=O)(=O)c1ccc2ccccc2c1. The minimum atomic E-state index is -3.67. The van der Waals surface area contributed by atoms with Crippen molar-refractivity contribution in [1.29, 1.82) is 0 Å². The number of nitrogens with zero attached hydrogens (tertiary/aromatic N) is 1. The van der Waals surface area contributed by atoms with Crippen LogP contribution in [0, 0.1) is 0 Å². The maximum Gasteiger partial charge on any atom is 0.240 e. The molecule has 30 heavy (non-hydrogen) atoms. The van der Waals surface area contributed by atoms with Gasteiger partial charge >= 0.3 is 0 Å². The zero-order valence-corrected chi connectivity index (χ0v) is 18.1. The van der Waals surface area contributed by atoms with Gasteiger partial charge in [-0.2, -0.15) is 0 Å². The minimum Gasteiger partial charge on any atom is -0.352 e. The zero-order chi connectivity index (χ0) is 21.6. The van der Waals surface area contributed by atoms with Crippen molar-refractivity contribution in [2.75, 3.05) is 20.6 Å². The van der Waals surface area contributed by atoms with Crippen LogP contribution >= 0.6 is 0 Å². The largest absolute Gasteiger partial charge is 0.352 e. The topological polar surface area (TPSA) is 78.5 Å². The standard InChI is InChI=1S/C23H27N3O3S/c1-26(2)17-21-10-6-5-9-20(21)16-24-23(27)13-14-25-30(28,29)22-12-11-18-7-3-4-8-19(18)15-22/h3-12,15,25H,13-14,16-17H2,1-2H3,(H,24,27). The van der Waals surface area contributed by atoms with E-state index in [0.717, 1.165) is 28.4 Å². The van der Waals surface area contributed by atoms with E-state index in [2.05, 4.69) is 14.9 Å². The van der Waals surface area contributed by atoms with Gasteiger partial charge in [-0.15, -0.1) is 0 Å². The molecule has 0 aromatic heterocycles. The number of benzene rings is 3. The van der Waals surface area contributed by atoms with E-state index in [4.69, 9.17) is 0 Å². The lowest BCUT2D eigenvalue weighted by molar-refractivity contribution is -0.121. The highest BCUT2D eigenvalue weighted by atomic mass is 32.2. The summed E-state index contributed by atoms with van der Waals surface area (Å²) in [5.41, 5.74) is 2.20. The summed E-state index contributed by atoms with van der Waals surface area (Å²) >= 11 is 0. The van der Waals surface area contributed by atoms with E-state index in [-0.39, 0.29) is 23.8 Å². The molecule has 158 valence electrons. The first-order valence-electron chi connectivity index (χ1n) is 9.82. The second kappa shape index (κ2) is 9.84. The minimum absolute atomic E-state index is 0.0420. The van der Waals surface area contributed by atoms with Crippen LogP contribution in [0.2, 0.25) is 0 Å². The van der Waals surface area contributed by atoms with Crippen molar-refractivity contribution >= 4 is 26.7 Å². The fraction of sp³-hybridized carbons (Fsp3) is 0.261. The van der Waals surface area contributed by atoms with Crippen LogP contribution in [0.4, 0.5) is 0 Å². The van der Waals surface area contributed by atoms with Gasteiger partial charge in [-0.05, 0) is 48.1 Å². The molecule has 0 saturated heterocycles. The summed E-state index contributed by atoms with van der Waals surface area (Å²) in [7, 11) is 0.324. The van der Waals surface area contributed by atoms with Gasteiger partial charge in [0.25, 0.3) is 0 Å². The lowest BCUT2D eigenvalue weighted by atomic mass is 10.1. The molecule has 0 atom stereocenters. The third kappa shape index (κ3) is 5.89. The molecule has 0 aliphatic heterocycles. The maximum absolute atomic E-state index is 12.5. The summed E-state index contributed by atoms with van der Waals surface area (Å²) in [6, 6.07) is 20.5. The molecule has 3 aromatic carbocycles. The van der Waals surface area contributed by atoms with Crippen molar-refractivity contribution < 1.29 is 13.2 Å². The number of carbonyl (C=O) groups excluding carboxylic acids is 1. The number of nitrogens with one attached hydrogen (secondary N) is 2. The van der Waals surface area contributed by atoms with Crippen LogP contribution in [0.25, 0.3) is 10.8 Å². The summed E-state index contributed by atoms with van der Waals surface area (Å²) in [6.45, 7) is 1.25. The van der Waals surface area contributed by atoms with Crippen molar-refractivity contribution in [1.82, 2.24) is 14.9 Å². The van der Waals surface area contributed by atoms with Crippen molar-refractivity contribution in [2.24, 2.45) is 0 Å². The number of sulfonamides is 1. The molecule has 3 rings (SSSR count). The van der Waals surface area contributed by atoms with Crippen molar-refractivity contribution in [2.45, 2.75) is 24.4 Å². The van der Waals surface area contributed by atoms with E-state index in [0.29, 0.717) is 6.54 Å². The lowest BCUT2D eigenvalue weighted by Gasteiger charge is -2.14. The first-order chi connectivity index (χ1) is 14.3. The average Bonchev–Trinajstić information content (AvgIpc) is 2.72. The van der Waals surface area contributed by atoms with Crippen molar-refractivity contribution in [3.05, 3.63) is 77.9 Å². The Hall–Kier alpha value is -2.74. The van der Waals surface area contributed by atoms with Gasteiger partial charge in [-0.3, -0.25) is 4.79 Å². The van der Waals surface area contributed by atoms with Crippen molar-refractivity contribution in [3.63, 3.8) is 0 Å². The molecule has 1 amide bonds. The van der Waals surface area contributed by atoms with Crippen LogP contribution in [-0.4, -0.2) is 39.9 Å². The molecule has 7 heteroatoms. The zero-order valence-electron chi connectivity index (χ0n) is 17.3. The molecular formula is C23H27N3O3S. The third-order valence-electron chi connectivity index (χ3n) is 4.76. The monoisotopic (exact) mass is 425 g/mol. The van der Waals surface area contributed by atoms with Gasteiger partial charge < -0.3 is 10.2 Å². The smallest absolute Gasteiger partial charge is 0.240 e. The second-order valence-corrected chi connectivity index (χ2v) is 9.21. The first kappa shape index (κ1) is 22.0. The van der Waals surface area contributed by atoms with Crippen molar-refractivity contribution in [3.8, 4) is 0 Å². The van der Waals surface area contributed by atoms with E-state index in [9.17, 15) is 13.2 Å². The predicted octanol–water partition coefficient (Wildman–Crippen LogP) is 2.89. The molecular weight excluding hydrogens is 398 g/mol. The normalized spacial score (nSPS) is 11.7. The van der Waals surface area contributed by atoms with Gasteiger partial charge in [0.2, 0.25) is 15.9 Å². The predicted molar refractivity (Wildman–Crippen MR) is 119 cm³/mol. The maximum atomic E-state index is 12.5. The molecule has 0 bridgehead atoms. The van der Waals surface area contributed by atoms with Gasteiger partial charge in [-0.1, -0.05) is 54.6 Å². The first-order valence-corrected chi connectivity index (χ1v) is 11.3. The van der Waals surface area contributed by atoms with Crippen LogP contribution in [-0.2, 0) is 27.9 Å². The van der Waals surface area contributed by atoms with E-state index in [1.807, 2.05) is 62.6 Å². The summed E-state index contributed by atoms with van der Waals surface area (Å²) in [5.74, 6) is -0.198. The molecule has 0 aliphatic rings. The number of carbonyl (C=O) groups is 1. The summed E-state index contributed by atoms with van der Waals surface area (Å²) in [4.78, 5) is 14.5.